The van der Waals surface area contributed by atoms with Crippen molar-refractivity contribution < 1.29 is 23.5 Å². The second-order valence-corrected chi connectivity index (χ2v) is 8.62. The predicted molar refractivity (Wildman–Crippen MR) is 127 cm³/mol. The Morgan fingerprint density at radius 1 is 1.15 bits per heavy atom. The van der Waals surface area contributed by atoms with Crippen LogP contribution in [0, 0.1) is 12.7 Å². The number of halogens is 2. The zero-order chi connectivity index (χ0) is 24.2. The van der Waals surface area contributed by atoms with Crippen molar-refractivity contribution in [3.8, 4) is 17.4 Å². The van der Waals surface area contributed by atoms with Crippen molar-refractivity contribution >= 4 is 40.6 Å². The molecular weight excluding hydrogens is 481 g/mol. The van der Waals surface area contributed by atoms with Gasteiger partial charge in [-0.3, -0.25) is 14.5 Å². The Hall–Kier alpha value is -3.43. The van der Waals surface area contributed by atoms with E-state index in [1.54, 1.807) is 31.2 Å². The van der Waals surface area contributed by atoms with Crippen molar-refractivity contribution in [2.24, 2.45) is 0 Å². The van der Waals surface area contributed by atoms with E-state index in [4.69, 9.17) is 21.1 Å². The number of imide groups is 1. The van der Waals surface area contributed by atoms with Crippen molar-refractivity contribution in [1.82, 2.24) is 14.9 Å². The summed E-state index contributed by atoms with van der Waals surface area (Å²) in [6, 6.07) is 12.5. The molecule has 10 heteroatoms. The number of rotatable bonds is 7. The third kappa shape index (κ3) is 5.37. The van der Waals surface area contributed by atoms with E-state index in [-0.39, 0.29) is 34.6 Å². The molecule has 0 N–H and O–H groups in total. The molecule has 0 saturated carbocycles. The van der Waals surface area contributed by atoms with Crippen LogP contribution < -0.4 is 9.47 Å². The molecule has 1 saturated heterocycles. The molecule has 0 aliphatic carbocycles. The summed E-state index contributed by atoms with van der Waals surface area (Å²) in [5, 5.41) is -0.495. The van der Waals surface area contributed by atoms with Crippen LogP contribution in [0.3, 0.4) is 0 Å². The maximum atomic E-state index is 14.0. The molecular formula is C24H19ClFN3O4S. The molecule has 0 atom stereocenters. The van der Waals surface area contributed by atoms with E-state index >= 15 is 0 Å². The van der Waals surface area contributed by atoms with Gasteiger partial charge in [0.05, 0.1) is 24.3 Å². The van der Waals surface area contributed by atoms with E-state index in [1.165, 1.54) is 4.90 Å². The van der Waals surface area contributed by atoms with Gasteiger partial charge in [-0.25, -0.2) is 4.98 Å². The van der Waals surface area contributed by atoms with E-state index < -0.39 is 5.82 Å². The smallest absolute Gasteiger partial charge is 0.293 e. The maximum absolute atomic E-state index is 14.0. The summed E-state index contributed by atoms with van der Waals surface area (Å²) in [5.41, 5.74) is 2.57. The SMILES string of the molecule is CCOc1cc(/C=C2/SC(=O)N(Cc3ccc(C)cc3)C2=O)ccc1Oc1nc(Cl)ncc1F. The number of hydrogen-bond acceptors (Lipinski definition) is 7. The number of aryl methyl sites for hydroxylation is 1. The highest BCUT2D eigenvalue weighted by Gasteiger charge is 2.35. The highest BCUT2D eigenvalue weighted by Crippen LogP contribution is 2.37. The molecule has 0 spiro atoms. The second-order valence-electron chi connectivity index (χ2n) is 7.29. The van der Waals surface area contributed by atoms with Crippen LogP contribution in [0.15, 0.2) is 53.6 Å². The molecule has 174 valence electrons. The Morgan fingerprint density at radius 3 is 2.65 bits per heavy atom. The van der Waals surface area contributed by atoms with Gasteiger partial charge in [-0.2, -0.15) is 9.37 Å². The summed E-state index contributed by atoms with van der Waals surface area (Å²) in [6.45, 7) is 4.28. The predicted octanol–water partition coefficient (Wildman–Crippen LogP) is 6.01. The first kappa shape index (κ1) is 23.7. The minimum atomic E-state index is -0.779. The first-order valence-corrected chi connectivity index (χ1v) is 11.5. The number of carbonyl (C=O) groups is 2. The van der Waals surface area contributed by atoms with Gasteiger partial charge in [0.25, 0.3) is 17.0 Å². The van der Waals surface area contributed by atoms with Gasteiger partial charge in [-0.05, 0) is 66.5 Å². The third-order valence-corrected chi connectivity index (χ3v) is 5.88. The molecule has 2 aromatic carbocycles. The minimum absolute atomic E-state index is 0.160. The van der Waals surface area contributed by atoms with E-state index in [0.717, 1.165) is 29.1 Å². The number of carbonyl (C=O) groups excluding carboxylic acids is 2. The van der Waals surface area contributed by atoms with E-state index in [2.05, 4.69) is 9.97 Å². The molecule has 0 bridgehead atoms. The van der Waals surface area contributed by atoms with Crippen LogP contribution in [0.2, 0.25) is 5.28 Å². The molecule has 4 rings (SSSR count). The average Bonchev–Trinajstić information content (AvgIpc) is 3.07. The van der Waals surface area contributed by atoms with Crippen LogP contribution in [0.1, 0.15) is 23.6 Å². The van der Waals surface area contributed by atoms with Gasteiger partial charge in [0.15, 0.2) is 11.5 Å². The van der Waals surface area contributed by atoms with Crippen LogP contribution in [-0.4, -0.2) is 32.6 Å². The summed E-state index contributed by atoms with van der Waals surface area (Å²) in [7, 11) is 0. The summed E-state index contributed by atoms with van der Waals surface area (Å²) >= 11 is 6.60. The normalized spacial score (nSPS) is 14.7. The van der Waals surface area contributed by atoms with Crippen LogP contribution in [0.5, 0.6) is 17.4 Å². The number of nitrogens with zero attached hydrogens (tertiary/aromatic N) is 3. The van der Waals surface area contributed by atoms with Gasteiger partial charge in [-0.15, -0.1) is 0 Å². The molecule has 1 aromatic heterocycles. The molecule has 1 aliphatic heterocycles. The van der Waals surface area contributed by atoms with Crippen molar-refractivity contribution in [2.75, 3.05) is 6.61 Å². The first-order chi connectivity index (χ1) is 16.3. The number of ether oxygens (including phenoxy) is 2. The molecule has 1 aliphatic rings. The van der Waals surface area contributed by atoms with E-state index in [9.17, 15) is 14.0 Å². The topological polar surface area (TPSA) is 81.6 Å². The summed E-state index contributed by atoms with van der Waals surface area (Å²) in [6.07, 6.45) is 2.51. The van der Waals surface area contributed by atoms with Crippen molar-refractivity contribution in [2.45, 2.75) is 20.4 Å². The van der Waals surface area contributed by atoms with Gasteiger partial charge in [0, 0.05) is 0 Å². The Labute approximate surface area is 204 Å². The van der Waals surface area contributed by atoms with E-state index in [0.29, 0.717) is 22.8 Å². The molecule has 2 amide bonds. The lowest BCUT2D eigenvalue weighted by atomic mass is 10.1. The lowest BCUT2D eigenvalue weighted by molar-refractivity contribution is -0.123. The van der Waals surface area contributed by atoms with Gasteiger partial charge >= 0.3 is 0 Å². The fourth-order valence-corrected chi connectivity index (χ4v) is 4.10. The monoisotopic (exact) mass is 499 g/mol. The number of thioether (sulfide) groups is 1. The number of amides is 2. The average molecular weight is 500 g/mol. The Bertz CT molecular complexity index is 1280. The van der Waals surface area contributed by atoms with Crippen LogP contribution in [0.4, 0.5) is 9.18 Å². The van der Waals surface area contributed by atoms with Crippen molar-refractivity contribution in [1.29, 1.82) is 0 Å². The lowest BCUT2D eigenvalue weighted by Crippen LogP contribution is -2.27. The maximum Gasteiger partial charge on any atom is 0.293 e. The fourth-order valence-electron chi connectivity index (χ4n) is 3.14. The highest BCUT2D eigenvalue weighted by molar-refractivity contribution is 8.18. The van der Waals surface area contributed by atoms with Crippen LogP contribution >= 0.6 is 23.4 Å². The quantitative estimate of drug-likeness (QED) is 0.291. The zero-order valence-electron chi connectivity index (χ0n) is 18.2. The molecule has 0 radical (unpaired) electrons. The molecule has 0 unspecified atom stereocenters. The van der Waals surface area contributed by atoms with Gasteiger partial charge < -0.3 is 9.47 Å². The zero-order valence-corrected chi connectivity index (χ0v) is 19.8. The summed E-state index contributed by atoms with van der Waals surface area (Å²) < 4.78 is 25.1. The fraction of sp³-hybridized carbons (Fsp3) is 0.167. The third-order valence-electron chi connectivity index (χ3n) is 4.79. The van der Waals surface area contributed by atoms with Gasteiger partial charge in [0.1, 0.15) is 0 Å². The summed E-state index contributed by atoms with van der Waals surface area (Å²) in [5.74, 6) is -0.972. The molecule has 3 aromatic rings. The first-order valence-electron chi connectivity index (χ1n) is 10.3. The lowest BCUT2D eigenvalue weighted by Gasteiger charge is -2.13. The van der Waals surface area contributed by atoms with Crippen molar-refractivity contribution in [3.05, 3.63) is 81.4 Å². The standard InChI is InChI=1S/C24H19ClFN3O4S/c1-3-32-19-10-16(8-9-18(19)33-21-17(26)12-27-23(25)28-21)11-20-22(30)29(24(31)34-20)13-15-6-4-14(2)5-7-15/h4-12H,3,13H2,1-2H3/b20-11+. The van der Waals surface area contributed by atoms with E-state index in [1.807, 2.05) is 31.2 Å². The number of aromatic nitrogens is 2. The highest BCUT2D eigenvalue weighted by atomic mass is 35.5. The summed E-state index contributed by atoms with van der Waals surface area (Å²) in [4.78, 5) is 34.1. The molecule has 34 heavy (non-hydrogen) atoms. The number of benzene rings is 2. The Kier molecular flexibility index (Phi) is 7.14. The second kappa shape index (κ2) is 10.2. The molecule has 2 heterocycles. The Balaban J connectivity index is 1.56. The van der Waals surface area contributed by atoms with Crippen LogP contribution in [-0.2, 0) is 11.3 Å². The largest absolute Gasteiger partial charge is 0.490 e. The van der Waals surface area contributed by atoms with Crippen molar-refractivity contribution in [3.63, 3.8) is 0 Å². The van der Waals surface area contributed by atoms with Crippen LogP contribution in [0.25, 0.3) is 6.08 Å². The minimum Gasteiger partial charge on any atom is -0.490 e. The van der Waals surface area contributed by atoms with Gasteiger partial charge in [-0.1, -0.05) is 35.9 Å². The molecule has 7 nitrogen and oxygen atoms in total. The number of hydrogen-bond donors (Lipinski definition) is 0. The molecule has 1 fully saturated rings. The Morgan fingerprint density at radius 2 is 1.91 bits per heavy atom. The van der Waals surface area contributed by atoms with Gasteiger partial charge in [0.2, 0.25) is 11.1 Å².